The maximum atomic E-state index is 11.6. The molecule has 0 saturated carbocycles. The summed E-state index contributed by atoms with van der Waals surface area (Å²) < 4.78 is 5.51. The minimum absolute atomic E-state index is 0.0148. The van der Waals surface area contributed by atoms with E-state index in [1.165, 1.54) is 11.8 Å². The number of nitrogens with zero attached hydrogens (tertiary/aromatic N) is 1. The summed E-state index contributed by atoms with van der Waals surface area (Å²) in [4.78, 5) is 15.8. The molecule has 1 amide bonds. The number of amides is 1. The lowest BCUT2D eigenvalue weighted by molar-refractivity contribution is -0.118. The lowest BCUT2D eigenvalue weighted by Gasteiger charge is -2.05. The second-order valence-electron chi connectivity index (χ2n) is 4.58. The van der Waals surface area contributed by atoms with E-state index in [4.69, 9.17) is 16.0 Å². The van der Waals surface area contributed by atoms with Gasteiger partial charge >= 0.3 is 0 Å². The van der Waals surface area contributed by atoms with E-state index in [9.17, 15) is 4.79 Å². The van der Waals surface area contributed by atoms with Crippen LogP contribution < -0.4 is 5.32 Å². The monoisotopic (exact) mass is 298 g/mol. The van der Waals surface area contributed by atoms with Crippen LogP contribution in [0.25, 0.3) is 11.1 Å². The van der Waals surface area contributed by atoms with E-state index in [0.717, 1.165) is 0 Å². The number of nitrogens with one attached hydrogen (secondary N) is 1. The normalized spacial score (nSPS) is 11.2. The van der Waals surface area contributed by atoms with Crippen LogP contribution in [0.1, 0.15) is 13.8 Å². The van der Waals surface area contributed by atoms with Crippen LogP contribution in [0.15, 0.2) is 27.8 Å². The third-order valence-corrected chi connectivity index (χ3v) is 3.43. The Morgan fingerprint density at radius 2 is 2.32 bits per heavy atom. The lowest BCUT2D eigenvalue weighted by Crippen LogP contribution is -2.28. The molecule has 0 unspecified atom stereocenters. The lowest BCUT2D eigenvalue weighted by atomic mass is 10.2. The van der Waals surface area contributed by atoms with Crippen molar-refractivity contribution < 1.29 is 9.21 Å². The first-order valence-electron chi connectivity index (χ1n) is 6.00. The van der Waals surface area contributed by atoms with E-state index < -0.39 is 0 Å². The Kier molecular flexibility index (Phi) is 4.71. The summed E-state index contributed by atoms with van der Waals surface area (Å²) in [5, 5.41) is 3.95. The minimum atomic E-state index is -0.0148. The van der Waals surface area contributed by atoms with Crippen molar-refractivity contribution in [3.63, 3.8) is 0 Å². The molecule has 0 bridgehead atoms. The number of thioether (sulfide) groups is 1. The summed E-state index contributed by atoms with van der Waals surface area (Å²) >= 11 is 7.15. The summed E-state index contributed by atoms with van der Waals surface area (Å²) in [6, 6.07) is 5.26. The number of carbonyl (C=O) groups excluding carboxylic acids is 1. The zero-order chi connectivity index (χ0) is 13.8. The molecule has 0 atom stereocenters. The summed E-state index contributed by atoms with van der Waals surface area (Å²) in [5.74, 6) is 0.729. The summed E-state index contributed by atoms with van der Waals surface area (Å²) in [6.45, 7) is 4.79. The van der Waals surface area contributed by atoms with Gasteiger partial charge in [0.25, 0.3) is 5.22 Å². The number of benzene rings is 1. The molecule has 0 aliphatic carbocycles. The fourth-order valence-corrected chi connectivity index (χ4v) is 2.27. The highest BCUT2D eigenvalue weighted by atomic mass is 35.5. The number of hydrogen-bond donors (Lipinski definition) is 1. The molecule has 0 aliphatic rings. The highest BCUT2D eigenvalue weighted by Gasteiger charge is 2.09. The molecular formula is C13H15ClN2O2S. The van der Waals surface area contributed by atoms with E-state index in [0.29, 0.717) is 39.6 Å². The van der Waals surface area contributed by atoms with Gasteiger partial charge in [-0.15, -0.1) is 0 Å². The van der Waals surface area contributed by atoms with Crippen molar-refractivity contribution in [1.29, 1.82) is 0 Å². The Bertz CT molecular complexity index is 583. The van der Waals surface area contributed by atoms with Gasteiger partial charge in [0.1, 0.15) is 5.52 Å². The first-order chi connectivity index (χ1) is 9.04. The number of carbonyl (C=O) groups is 1. The maximum absolute atomic E-state index is 11.6. The van der Waals surface area contributed by atoms with E-state index in [1.54, 1.807) is 18.2 Å². The molecule has 0 spiro atoms. The van der Waals surface area contributed by atoms with Gasteiger partial charge in [-0.05, 0) is 24.1 Å². The second kappa shape index (κ2) is 6.30. The minimum Gasteiger partial charge on any atom is -0.431 e. The zero-order valence-corrected chi connectivity index (χ0v) is 12.3. The molecule has 2 aromatic rings. The van der Waals surface area contributed by atoms with Crippen molar-refractivity contribution in [2.75, 3.05) is 12.3 Å². The largest absolute Gasteiger partial charge is 0.431 e. The van der Waals surface area contributed by atoms with Crippen LogP contribution in [-0.4, -0.2) is 23.2 Å². The maximum Gasteiger partial charge on any atom is 0.257 e. The Balaban J connectivity index is 1.92. The number of halogens is 1. The smallest absolute Gasteiger partial charge is 0.257 e. The standard InChI is InChI=1S/C13H15ClN2O2S/c1-8(2)6-15-12(17)7-19-13-16-10-5-9(14)3-4-11(10)18-13/h3-5,8H,6-7H2,1-2H3,(H,15,17). The number of aromatic nitrogens is 1. The molecule has 19 heavy (non-hydrogen) atoms. The molecule has 0 saturated heterocycles. The Labute approximate surface area is 120 Å². The van der Waals surface area contributed by atoms with E-state index >= 15 is 0 Å². The summed E-state index contributed by atoms with van der Waals surface area (Å²) in [6.07, 6.45) is 0. The molecule has 0 radical (unpaired) electrons. The van der Waals surface area contributed by atoms with Crippen molar-refractivity contribution in [3.8, 4) is 0 Å². The van der Waals surface area contributed by atoms with Gasteiger partial charge in [0.2, 0.25) is 5.91 Å². The van der Waals surface area contributed by atoms with Crippen molar-refractivity contribution >= 4 is 40.4 Å². The fraction of sp³-hybridized carbons (Fsp3) is 0.385. The molecule has 1 aromatic heterocycles. The van der Waals surface area contributed by atoms with E-state index in [-0.39, 0.29) is 5.91 Å². The van der Waals surface area contributed by atoms with Crippen LogP contribution in [-0.2, 0) is 4.79 Å². The third kappa shape index (κ3) is 4.14. The summed E-state index contributed by atoms with van der Waals surface area (Å²) in [5.41, 5.74) is 1.38. The topological polar surface area (TPSA) is 55.1 Å². The van der Waals surface area contributed by atoms with E-state index in [1.807, 2.05) is 0 Å². The average Bonchev–Trinajstić information content (AvgIpc) is 2.75. The SMILES string of the molecule is CC(C)CNC(=O)CSc1nc2cc(Cl)ccc2o1. The Morgan fingerprint density at radius 1 is 1.53 bits per heavy atom. The number of oxazole rings is 1. The Morgan fingerprint density at radius 3 is 3.05 bits per heavy atom. The molecular weight excluding hydrogens is 284 g/mol. The number of rotatable bonds is 5. The van der Waals surface area contributed by atoms with Crippen LogP contribution in [0.2, 0.25) is 5.02 Å². The van der Waals surface area contributed by atoms with Crippen LogP contribution in [0, 0.1) is 5.92 Å². The van der Waals surface area contributed by atoms with Gasteiger partial charge in [-0.2, -0.15) is 0 Å². The predicted octanol–water partition coefficient (Wildman–Crippen LogP) is 3.35. The number of hydrogen-bond acceptors (Lipinski definition) is 4. The van der Waals surface area contributed by atoms with Gasteiger partial charge in [0.05, 0.1) is 5.75 Å². The second-order valence-corrected chi connectivity index (χ2v) is 5.94. The third-order valence-electron chi connectivity index (χ3n) is 2.36. The van der Waals surface area contributed by atoms with Crippen molar-refractivity contribution in [2.45, 2.75) is 19.1 Å². The van der Waals surface area contributed by atoms with Crippen LogP contribution >= 0.6 is 23.4 Å². The highest BCUT2D eigenvalue weighted by Crippen LogP contribution is 2.25. The highest BCUT2D eigenvalue weighted by molar-refractivity contribution is 7.99. The zero-order valence-electron chi connectivity index (χ0n) is 10.8. The van der Waals surface area contributed by atoms with Crippen molar-refractivity contribution in [2.24, 2.45) is 5.92 Å². The van der Waals surface area contributed by atoms with Crippen molar-refractivity contribution in [3.05, 3.63) is 23.2 Å². The first-order valence-corrected chi connectivity index (χ1v) is 7.36. The first kappa shape index (κ1) is 14.2. The molecule has 0 fully saturated rings. The molecule has 6 heteroatoms. The van der Waals surface area contributed by atoms with Gasteiger partial charge < -0.3 is 9.73 Å². The van der Waals surface area contributed by atoms with Crippen LogP contribution in [0.5, 0.6) is 0 Å². The van der Waals surface area contributed by atoms with Gasteiger partial charge in [-0.3, -0.25) is 4.79 Å². The summed E-state index contributed by atoms with van der Waals surface area (Å²) in [7, 11) is 0. The molecule has 2 rings (SSSR count). The molecule has 0 aliphatic heterocycles. The number of fused-ring (bicyclic) bond motifs is 1. The van der Waals surface area contributed by atoms with Crippen LogP contribution in [0.4, 0.5) is 0 Å². The molecule has 4 nitrogen and oxygen atoms in total. The van der Waals surface area contributed by atoms with Gasteiger partial charge in [0.15, 0.2) is 5.58 Å². The van der Waals surface area contributed by atoms with Gasteiger partial charge in [-0.25, -0.2) is 4.98 Å². The molecule has 102 valence electrons. The Hall–Kier alpha value is -1.20. The van der Waals surface area contributed by atoms with Gasteiger partial charge in [0, 0.05) is 11.6 Å². The van der Waals surface area contributed by atoms with Crippen LogP contribution in [0.3, 0.4) is 0 Å². The molecule has 1 heterocycles. The van der Waals surface area contributed by atoms with Gasteiger partial charge in [-0.1, -0.05) is 37.2 Å². The predicted molar refractivity (Wildman–Crippen MR) is 77.6 cm³/mol. The van der Waals surface area contributed by atoms with Crippen molar-refractivity contribution in [1.82, 2.24) is 10.3 Å². The quantitative estimate of drug-likeness (QED) is 0.860. The molecule has 1 N–H and O–H groups in total. The average molecular weight is 299 g/mol. The molecule has 1 aromatic carbocycles. The van der Waals surface area contributed by atoms with E-state index in [2.05, 4.69) is 24.1 Å². The fourth-order valence-electron chi connectivity index (χ4n) is 1.44.